The number of aryl methyl sites for hydroxylation is 1. The van der Waals surface area contributed by atoms with Gasteiger partial charge in [0.05, 0.1) is 6.54 Å². The number of hydrogen-bond donors (Lipinski definition) is 1. The van der Waals surface area contributed by atoms with Gasteiger partial charge < -0.3 is 19.7 Å². The van der Waals surface area contributed by atoms with Gasteiger partial charge in [-0.15, -0.1) is 0 Å². The van der Waals surface area contributed by atoms with Crippen molar-refractivity contribution in [2.24, 2.45) is 12.0 Å². The summed E-state index contributed by atoms with van der Waals surface area (Å²) in [5.41, 5.74) is 1.12. The molecule has 0 radical (unpaired) electrons. The van der Waals surface area contributed by atoms with Gasteiger partial charge in [0.15, 0.2) is 17.5 Å². The molecule has 0 spiro atoms. The van der Waals surface area contributed by atoms with Gasteiger partial charge >= 0.3 is 0 Å². The molecule has 0 fully saturated rings. The van der Waals surface area contributed by atoms with Crippen LogP contribution in [0.15, 0.2) is 29.5 Å². The number of nitrogens with zero attached hydrogens (tertiary/aromatic N) is 5. The van der Waals surface area contributed by atoms with Crippen LogP contribution in [0.1, 0.15) is 11.4 Å². The minimum atomic E-state index is 0.287. The zero-order valence-corrected chi connectivity index (χ0v) is 13.5. The maximum atomic E-state index is 5.41. The van der Waals surface area contributed by atoms with Crippen molar-refractivity contribution in [2.75, 3.05) is 20.9 Å². The molecule has 1 aliphatic heterocycles. The second kappa shape index (κ2) is 6.55. The number of guanidine groups is 1. The molecule has 0 atom stereocenters. The van der Waals surface area contributed by atoms with Crippen molar-refractivity contribution in [1.29, 1.82) is 0 Å². The van der Waals surface area contributed by atoms with E-state index in [2.05, 4.69) is 20.4 Å². The molecule has 1 aromatic carbocycles. The highest BCUT2D eigenvalue weighted by Crippen LogP contribution is 2.32. The van der Waals surface area contributed by atoms with E-state index in [4.69, 9.17) is 9.47 Å². The Hall–Kier alpha value is -2.77. The van der Waals surface area contributed by atoms with E-state index in [1.165, 1.54) is 6.33 Å². The highest BCUT2D eigenvalue weighted by molar-refractivity contribution is 5.79. The first-order valence-electron chi connectivity index (χ1n) is 7.30. The van der Waals surface area contributed by atoms with Gasteiger partial charge in [-0.1, -0.05) is 6.07 Å². The van der Waals surface area contributed by atoms with Gasteiger partial charge in [0.2, 0.25) is 6.79 Å². The van der Waals surface area contributed by atoms with Crippen molar-refractivity contribution >= 4 is 5.96 Å². The maximum absolute atomic E-state index is 5.41. The third kappa shape index (κ3) is 3.36. The van der Waals surface area contributed by atoms with Gasteiger partial charge in [0, 0.05) is 27.7 Å². The van der Waals surface area contributed by atoms with Crippen molar-refractivity contribution in [3.8, 4) is 11.5 Å². The summed E-state index contributed by atoms with van der Waals surface area (Å²) in [5.74, 6) is 3.22. The quantitative estimate of drug-likeness (QED) is 0.663. The minimum absolute atomic E-state index is 0.287. The number of nitrogens with one attached hydrogen (secondary N) is 1. The number of aliphatic imine (C=N–C) groups is 1. The molecule has 23 heavy (non-hydrogen) atoms. The van der Waals surface area contributed by atoms with Crippen molar-refractivity contribution < 1.29 is 9.47 Å². The number of hydrogen-bond acceptors (Lipinski definition) is 5. The van der Waals surface area contributed by atoms with E-state index in [9.17, 15) is 0 Å². The molecule has 8 nitrogen and oxygen atoms in total. The Morgan fingerprint density at radius 2 is 2.22 bits per heavy atom. The largest absolute Gasteiger partial charge is 0.454 e. The van der Waals surface area contributed by atoms with E-state index in [-0.39, 0.29) is 6.79 Å². The third-order valence-corrected chi connectivity index (χ3v) is 3.64. The van der Waals surface area contributed by atoms with Crippen molar-refractivity contribution in [3.63, 3.8) is 0 Å². The number of ether oxygens (including phenoxy) is 2. The lowest BCUT2D eigenvalue weighted by Crippen LogP contribution is -2.38. The lowest BCUT2D eigenvalue weighted by Gasteiger charge is -2.22. The van der Waals surface area contributed by atoms with E-state index < -0.39 is 0 Å². The van der Waals surface area contributed by atoms with E-state index in [1.807, 2.05) is 37.2 Å². The maximum Gasteiger partial charge on any atom is 0.231 e. The Morgan fingerprint density at radius 3 is 2.96 bits per heavy atom. The molecular formula is C15H20N6O2. The molecule has 0 unspecified atom stereocenters. The second-order valence-electron chi connectivity index (χ2n) is 5.24. The van der Waals surface area contributed by atoms with Gasteiger partial charge in [0.25, 0.3) is 0 Å². The molecule has 2 aromatic rings. The summed E-state index contributed by atoms with van der Waals surface area (Å²) >= 11 is 0. The molecule has 1 aliphatic rings. The number of rotatable bonds is 4. The van der Waals surface area contributed by atoms with Crippen LogP contribution in [0.3, 0.4) is 0 Å². The molecule has 8 heteroatoms. The molecule has 0 saturated heterocycles. The predicted molar refractivity (Wildman–Crippen MR) is 85.2 cm³/mol. The van der Waals surface area contributed by atoms with Crippen LogP contribution in [0.25, 0.3) is 0 Å². The lowest BCUT2D eigenvalue weighted by molar-refractivity contribution is 0.174. The molecule has 1 aromatic heterocycles. The highest BCUT2D eigenvalue weighted by atomic mass is 16.7. The number of fused-ring (bicyclic) bond motifs is 1. The zero-order chi connectivity index (χ0) is 16.2. The Morgan fingerprint density at radius 1 is 1.39 bits per heavy atom. The first-order chi connectivity index (χ1) is 11.2. The lowest BCUT2D eigenvalue weighted by atomic mass is 10.2. The van der Waals surface area contributed by atoms with Crippen LogP contribution in [0.2, 0.25) is 0 Å². The fourth-order valence-electron chi connectivity index (χ4n) is 2.41. The first-order valence-corrected chi connectivity index (χ1v) is 7.30. The van der Waals surface area contributed by atoms with Gasteiger partial charge in [-0.2, -0.15) is 5.10 Å². The number of benzene rings is 1. The summed E-state index contributed by atoms with van der Waals surface area (Å²) in [6, 6.07) is 5.95. The standard InChI is InChI=1S/C15H20N6O2/c1-16-15(17-7-14-18-9-19-21(14)3)20(2)8-11-4-5-12-13(6-11)23-10-22-12/h4-6,9H,7-8,10H2,1-3H3,(H,16,17). The molecule has 0 amide bonds. The molecule has 2 heterocycles. The topological polar surface area (TPSA) is 76.8 Å². The van der Waals surface area contributed by atoms with E-state index >= 15 is 0 Å². The Kier molecular flexibility index (Phi) is 4.31. The minimum Gasteiger partial charge on any atom is -0.454 e. The van der Waals surface area contributed by atoms with Gasteiger partial charge in [-0.3, -0.25) is 9.67 Å². The first kappa shape index (κ1) is 15.1. The molecule has 0 bridgehead atoms. The summed E-state index contributed by atoms with van der Waals surface area (Å²) < 4.78 is 12.5. The van der Waals surface area contributed by atoms with Crippen LogP contribution in [0.4, 0.5) is 0 Å². The van der Waals surface area contributed by atoms with Crippen LogP contribution < -0.4 is 14.8 Å². The van der Waals surface area contributed by atoms with Gasteiger partial charge in [0.1, 0.15) is 12.2 Å². The molecular weight excluding hydrogens is 296 g/mol. The van der Waals surface area contributed by atoms with Crippen LogP contribution in [-0.4, -0.2) is 46.5 Å². The molecule has 0 aliphatic carbocycles. The monoisotopic (exact) mass is 316 g/mol. The smallest absolute Gasteiger partial charge is 0.231 e. The van der Waals surface area contributed by atoms with E-state index in [0.717, 1.165) is 28.8 Å². The van der Waals surface area contributed by atoms with E-state index in [1.54, 1.807) is 11.7 Å². The fourth-order valence-corrected chi connectivity index (χ4v) is 2.41. The molecule has 3 rings (SSSR count). The summed E-state index contributed by atoms with van der Waals surface area (Å²) in [7, 11) is 5.61. The summed E-state index contributed by atoms with van der Waals surface area (Å²) in [6.45, 7) is 1.55. The normalized spacial score (nSPS) is 13.3. The van der Waals surface area contributed by atoms with Gasteiger partial charge in [-0.25, -0.2) is 4.98 Å². The van der Waals surface area contributed by atoms with Gasteiger partial charge in [-0.05, 0) is 17.7 Å². The Labute approximate surface area is 134 Å². The summed E-state index contributed by atoms with van der Waals surface area (Å²) in [6.07, 6.45) is 1.54. The van der Waals surface area contributed by atoms with Crippen LogP contribution in [0, 0.1) is 0 Å². The average molecular weight is 316 g/mol. The third-order valence-electron chi connectivity index (χ3n) is 3.64. The SMILES string of the molecule is CN=C(NCc1ncnn1C)N(C)Cc1ccc2c(c1)OCO2. The Bertz CT molecular complexity index is 712. The van der Waals surface area contributed by atoms with Crippen molar-refractivity contribution in [2.45, 2.75) is 13.1 Å². The van der Waals surface area contributed by atoms with Crippen molar-refractivity contribution in [3.05, 3.63) is 35.9 Å². The van der Waals surface area contributed by atoms with E-state index in [0.29, 0.717) is 13.1 Å². The summed E-state index contributed by atoms with van der Waals surface area (Å²) in [5, 5.41) is 7.33. The van der Waals surface area contributed by atoms with Crippen LogP contribution >= 0.6 is 0 Å². The molecule has 1 N–H and O–H groups in total. The molecule has 0 saturated carbocycles. The number of aromatic nitrogens is 3. The predicted octanol–water partition coefficient (Wildman–Crippen LogP) is 0.751. The highest BCUT2D eigenvalue weighted by Gasteiger charge is 2.15. The van der Waals surface area contributed by atoms with Crippen LogP contribution in [0.5, 0.6) is 11.5 Å². The van der Waals surface area contributed by atoms with Crippen molar-refractivity contribution in [1.82, 2.24) is 25.0 Å². The fraction of sp³-hybridized carbons (Fsp3) is 0.400. The average Bonchev–Trinajstić information content (AvgIpc) is 3.16. The Balaban J connectivity index is 1.61. The second-order valence-corrected chi connectivity index (χ2v) is 5.24. The zero-order valence-electron chi connectivity index (χ0n) is 13.5. The molecule has 122 valence electrons. The van der Waals surface area contributed by atoms with Crippen LogP contribution in [-0.2, 0) is 20.1 Å². The summed E-state index contributed by atoms with van der Waals surface area (Å²) in [4.78, 5) is 10.5.